The minimum Gasteiger partial charge on any atom is -0.393 e. The number of hydrogen-bond acceptors (Lipinski definition) is 3. The molecule has 1 rings (SSSR count). The van der Waals surface area contributed by atoms with Crippen molar-refractivity contribution in [1.82, 2.24) is 5.32 Å². The predicted octanol–water partition coefficient (Wildman–Crippen LogP) is 2.67. The van der Waals surface area contributed by atoms with Crippen LogP contribution in [0, 0.1) is 16.7 Å². The summed E-state index contributed by atoms with van der Waals surface area (Å²) in [4.78, 5) is 11.8. The van der Waals surface area contributed by atoms with Gasteiger partial charge in [-0.25, -0.2) is 4.79 Å². The molecule has 1 atom stereocenters. The molecule has 0 bridgehead atoms. The number of hydrogen-bond donors (Lipinski definition) is 3. The van der Waals surface area contributed by atoms with E-state index in [-0.39, 0.29) is 11.4 Å². The number of carbonyl (C=O) groups excluding carboxylic acids is 1. The molecule has 0 aliphatic rings. The second-order valence-corrected chi connectivity index (χ2v) is 6.06. The maximum Gasteiger partial charge on any atom is 0.319 e. The van der Waals surface area contributed by atoms with Crippen LogP contribution in [0.1, 0.15) is 32.8 Å². The summed E-state index contributed by atoms with van der Waals surface area (Å²) in [5.74, 6) is 0. The zero-order valence-electron chi connectivity index (χ0n) is 12.8. The molecule has 114 valence electrons. The lowest BCUT2D eigenvalue weighted by Crippen LogP contribution is -2.38. The molecule has 1 aromatic carbocycles. The van der Waals surface area contributed by atoms with Gasteiger partial charge in [0.1, 0.15) is 0 Å². The van der Waals surface area contributed by atoms with Gasteiger partial charge in [-0.05, 0) is 36.5 Å². The molecule has 0 spiro atoms. The minimum absolute atomic E-state index is 0.165. The average molecular weight is 289 g/mol. The number of benzene rings is 1. The monoisotopic (exact) mass is 289 g/mol. The lowest BCUT2D eigenvalue weighted by Gasteiger charge is -2.26. The van der Waals surface area contributed by atoms with E-state index in [1.54, 1.807) is 19.1 Å². The quantitative estimate of drug-likeness (QED) is 0.752. The number of rotatable bonds is 6. The van der Waals surface area contributed by atoms with Gasteiger partial charge in [0.2, 0.25) is 0 Å². The summed E-state index contributed by atoms with van der Waals surface area (Å²) >= 11 is 0. The summed E-state index contributed by atoms with van der Waals surface area (Å²) in [6.07, 6.45) is 0.591. The Morgan fingerprint density at radius 3 is 2.52 bits per heavy atom. The number of nitriles is 1. The third-order valence-electron chi connectivity index (χ3n) is 3.07. The van der Waals surface area contributed by atoms with Gasteiger partial charge < -0.3 is 15.7 Å². The average Bonchev–Trinajstić information content (AvgIpc) is 2.38. The lowest BCUT2D eigenvalue weighted by atomic mass is 9.87. The fourth-order valence-corrected chi connectivity index (χ4v) is 2.16. The molecular weight excluding hydrogens is 266 g/mol. The summed E-state index contributed by atoms with van der Waals surface area (Å²) in [6.45, 7) is 6.22. The maximum absolute atomic E-state index is 11.8. The lowest BCUT2D eigenvalue weighted by molar-refractivity contribution is 0.129. The van der Waals surface area contributed by atoms with Crippen LogP contribution in [-0.2, 0) is 6.42 Å². The van der Waals surface area contributed by atoms with Gasteiger partial charge in [-0.1, -0.05) is 26.0 Å². The van der Waals surface area contributed by atoms with Crippen molar-refractivity contribution >= 4 is 11.7 Å². The number of aliphatic hydroxyl groups is 1. The van der Waals surface area contributed by atoms with Crippen molar-refractivity contribution in [2.45, 2.75) is 39.7 Å². The van der Waals surface area contributed by atoms with Crippen molar-refractivity contribution < 1.29 is 9.90 Å². The summed E-state index contributed by atoms with van der Waals surface area (Å²) in [5, 5.41) is 23.5. The second-order valence-electron chi connectivity index (χ2n) is 6.06. The van der Waals surface area contributed by atoms with Gasteiger partial charge in [-0.2, -0.15) is 5.26 Å². The zero-order valence-corrected chi connectivity index (χ0v) is 12.8. The molecule has 0 heterocycles. The normalized spacial score (nSPS) is 12.3. The van der Waals surface area contributed by atoms with Crippen LogP contribution < -0.4 is 10.6 Å². The maximum atomic E-state index is 11.8. The number of amides is 2. The Morgan fingerprint density at radius 2 is 2.00 bits per heavy atom. The Morgan fingerprint density at radius 1 is 1.38 bits per heavy atom. The SMILES string of the molecule is CC(O)CC(C)(C)CNC(=O)Nc1ccc(CC#N)cc1. The highest BCUT2D eigenvalue weighted by Gasteiger charge is 2.21. The predicted molar refractivity (Wildman–Crippen MR) is 82.9 cm³/mol. The number of nitrogens with one attached hydrogen (secondary N) is 2. The Kier molecular flexibility index (Phi) is 6.19. The van der Waals surface area contributed by atoms with Gasteiger partial charge in [-0.3, -0.25) is 0 Å². The van der Waals surface area contributed by atoms with Crippen LogP contribution in [0.25, 0.3) is 0 Å². The molecule has 0 saturated heterocycles. The van der Waals surface area contributed by atoms with Gasteiger partial charge in [0.25, 0.3) is 0 Å². The number of nitrogens with zero attached hydrogens (tertiary/aromatic N) is 1. The number of urea groups is 1. The van der Waals surface area contributed by atoms with E-state index < -0.39 is 6.10 Å². The molecular formula is C16H23N3O2. The fraction of sp³-hybridized carbons (Fsp3) is 0.500. The molecule has 0 radical (unpaired) electrons. The van der Waals surface area contributed by atoms with E-state index in [0.29, 0.717) is 25.1 Å². The standard InChI is InChI=1S/C16H23N3O2/c1-12(20)10-16(2,3)11-18-15(21)19-14-6-4-13(5-7-14)8-9-17/h4-7,12,20H,8,10-11H2,1-3H3,(H2,18,19,21). The molecule has 0 aromatic heterocycles. The van der Waals surface area contributed by atoms with Crippen molar-refractivity contribution in [3.63, 3.8) is 0 Å². The van der Waals surface area contributed by atoms with E-state index in [1.807, 2.05) is 26.0 Å². The fourth-order valence-electron chi connectivity index (χ4n) is 2.16. The van der Waals surface area contributed by atoms with E-state index in [0.717, 1.165) is 5.56 Å². The number of aliphatic hydroxyl groups excluding tert-OH is 1. The molecule has 2 amide bonds. The van der Waals surface area contributed by atoms with Gasteiger partial charge in [-0.15, -0.1) is 0 Å². The first kappa shape index (κ1) is 17.0. The third kappa shape index (κ3) is 6.77. The van der Waals surface area contributed by atoms with E-state index in [1.165, 1.54) is 0 Å². The van der Waals surface area contributed by atoms with Crippen LogP contribution in [0.4, 0.5) is 10.5 Å². The topological polar surface area (TPSA) is 85.2 Å². The van der Waals surface area contributed by atoms with Crippen LogP contribution >= 0.6 is 0 Å². The summed E-state index contributed by atoms with van der Waals surface area (Å²) < 4.78 is 0. The first-order valence-corrected chi connectivity index (χ1v) is 7.01. The van der Waals surface area contributed by atoms with Crippen LogP contribution in [-0.4, -0.2) is 23.8 Å². The highest BCUT2D eigenvalue weighted by molar-refractivity contribution is 5.89. The third-order valence-corrected chi connectivity index (χ3v) is 3.07. The number of anilines is 1. The summed E-state index contributed by atoms with van der Waals surface area (Å²) in [6, 6.07) is 8.97. The summed E-state index contributed by atoms with van der Waals surface area (Å²) in [5.41, 5.74) is 1.44. The van der Waals surface area contributed by atoms with Gasteiger partial charge >= 0.3 is 6.03 Å². The Bertz CT molecular complexity index is 501. The van der Waals surface area contributed by atoms with Crippen molar-refractivity contribution in [3.8, 4) is 6.07 Å². The first-order chi connectivity index (χ1) is 9.82. The van der Waals surface area contributed by atoms with Crippen LogP contribution in [0.3, 0.4) is 0 Å². The van der Waals surface area contributed by atoms with E-state index >= 15 is 0 Å². The van der Waals surface area contributed by atoms with Crippen LogP contribution in [0.5, 0.6) is 0 Å². The van der Waals surface area contributed by atoms with E-state index in [9.17, 15) is 9.90 Å². The van der Waals surface area contributed by atoms with Crippen molar-refractivity contribution in [2.24, 2.45) is 5.41 Å². The Hall–Kier alpha value is -2.06. The Labute approximate surface area is 126 Å². The molecule has 21 heavy (non-hydrogen) atoms. The smallest absolute Gasteiger partial charge is 0.319 e. The minimum atomic E-state index is -0.391. The molecule has 1 unspecified atom stereocenters. The highest BCUT2D eigenvalue weighted by Crippen LogP contribution is 2.21. The first-order valence-electron chi connectivity index (χ1n) is 7.01. The molecule has 5 heteroatoms. The van der Waals surface area contributed by atoms with Crippen molar-refractivity contribution in [3.05, 3.63) is 29.8 Å². The van der Waals surface area contributed by atoms with E-state index in [4.69, 9.17) is 5.26 Å². The molecule has 3 N–H and O–H groups in total. The molecule has 5 nitrogen and oxygen atoms in total. The molecule has 0 aliphatic heterocycles. The van der Waals surface area contributed by atoms with Gasteiger partial charge in [0.05, 0.1) is 18.6 Å². The molecule has 0 aliphatic carbocycles. The number of carbonyl (C=O) groups is 1. The largest absolute Gasteiger partial charge is 0.393 e. The van der Waals surface area contributed by atoms with Crippen molar-refractivity contribution in [2.75, 3.05) is 11.9 Å². The van der Waals surface area contributed by atoms with Crippen molar-refractivity contribution in [1.29, 1.82) is 5.26 Å². The molecule has 0 fully saturated rings. The molecule has 1 aromatic rings. The molecule has 0 saturated carbocycles. The van der Waals surface area contributed by atoms with Gasteiger partial charge in [0.15, 0.2) is 0 Å². The Balaban J connectivity index is 2.45. The second kappa shape index (κ2) is 7.65. The van der Waals surface area contributed by atoms with Crippen LogP contribution in [0.2, 0.25) is 0 Å². The highest BCUT2D eigenvalue weighted by atomic mass is 16.3. The van der Waals surface area contributed by atoms with E-state index in [2.05, 4.69) is 16.7 Å². The van der Waals surface area contributed by atoms with Crippen LogP contribution in [0.15, 0.2) is 24.3 Å². The van der Waals surface area contributed by atoms with Gasteiger partial charge in [0, 0.05) is 12.2 Å². The zero-order chi connectivity index (χ0) is 15.9. The summed E-state index contributed by atoms with van der Waals surface area (Å²) in [7, 11) is 0.